The molecule has 21 heavy (non-hydrogen) atoms. The minimum Gasteiger partial charge on any atom is -0.478 e. The summed E-state index contributed by atoms with van der Waals surface area (Å²) in [5, 5.41) is 11.7. The van der Waals surface area contributed by atoms with Crippen molar-refractivity contribution in [1.82, 2.24) is 0 Å². The minimum atomic E-state index is -1.16. The van der Waals surface area contributed by atoms with E-state index >= 15 is 0 Å². The van der Waals surface area contributed by atoms with Crippen molar-refractivity contribution in [3.05, 3.63) is 62.3 Å². The maximum Gasteiger partial charge on any atom is 0.337 e. The molecular formula is C14H8Br2FNO3. The van der Waals surface area contributed by atoms with Gasteiger partial charge in [-0.15, -0.1) is 0 Å². The molecule has 0 bridgehead atoms. The van der Waals surface area contributed by atoms with Crippen LogP contribution in [-0.4, -0.2) is 17.0 Å². The van der Waals surface area contributed by atoms with Crippen molar-refractivity contribution in [2.24, 2.45) is 0 Å². The minimum absolute atomic E-state index is 0.0454. The van der Waals surface area contributed by atoms with Crippen molar-refractivity contribution in [3.8, 4) is 0 Å². The number of aromatic carboxylic acids is 1. The summed E-state index contributed by atoms with van der Waals surface area (Å²) in [5.74, 6) is -2.19. The van der Waals surface area contributed by atoms with Crippen molar-refractivity contribution < 1.29 is 19.1 Å². The number of hydrogen-bond donors (Lipinski definition) is 2. The molecule has 0 atom stereocenters. The first-order valence-corrected chi connectivity index (χ1v) is 7.27. The van der Waals surface area contributed by atoms with E-state index in [4.69, 9.17) is 5.11 Å². The van der Waals surface area contributed by atoms with Gasteiger partial charge in [-0.05, 0) is 62.2 Å². The summed E-state index contributed by atoms with van der Waals surface area (Å²) >= 11 is 6.30. The summed E-state index contributed by atoms with van der Waals surface area (Å²) in [6.45, 7) is 0. The molecule has 0 aliphatic carbocycles. The Morgan fingerprint density at radius 1 is 1.05 bits per heavy atom. The SMILES string of the molecule is O=C(Nc1c(Br)cccc1C(=O)O)c1ccc(F)cc1Br. The molecule has 0 saturated carbocycles. The highest BCUT2D eigenvalue weighted by atomic mass is 79.9. The van der Waals surface area contributed by atoms with Crippen LogP contribution in [0.15, 0.2) is 45.3 Å². The molecule has 2 rings (SSSR count). The number of halogens is 3. The van der Waals surface area contributed by atoms with E-state index in [2.05, 4.69) is 37.2 Å². The number of amides is 1. The summed E-state index contributed by atoms with van der Waals surface area (Å²) in [7, 11) is 0. The van der Waals surface area contributed by atoms with Crippen LogP contribution in [0.5, 0.6) is 0 Å². The maximum atomic E-state index is 13.0. The molecule has 0 spiro atoms. The smallest absolute Gasteiger partial charge is 0.337 e. The molecular weight excluding hydrogens is 409 g/mol. The zero-order valence-corrected chi connectivity index (χ0v) is 13.5. The Morgan fingerprint density at radius 3 is 2.38 bits per heavy atom. The Labute approximate surface area is 136 Å². The molecule has 7 heteroatoms. The molecule has 0 saturated heterocycles. The second kappa shape index (κ2) is 6.36. The van der Waals surface area contributed by atoms with E-state index in [1.54, 1.807) is 12.1 Å². The quantitative estimate of drug-likeness (QED) is 0.783. The van der Waals surface area contributed by atoms with Crippen molar-refractivity contribution in [2.75, 3.05) is 5.32 Å². The van der Waals surface area contributed by atoms with Gasteiger partial charge in [-0.2, -0.15) is 0 Å². The first-order valence-electron chi connectivity index (χ1n) is 5.68. The number of carboxylic acid groups (broad SMARTS) is 1. The Hall–Kier alpha value is -1.73. The topological polar surface area (TPSA) is 66.4 Å². The van der Waals surface area contributed by atoms with Crippen LogP contribution in [0.1, 0.15) is 20.7 Å². The predicted molar refractivity (Wildman–Crippen MR) is 83.2 cm³/mol. The summed E-state index contributed by atoms with van der Waals surface area (Å²) in [5.41, 5.74) is 0.297. The van der Waals surface area contributed by atoms with E-state index in [0.29, 0.717) is 4.47 Å². The largest absolute Gasteiger partial charge is 0.478 e. The number of rotatable bonds is 3. The van der Waals surface area contributed by atoms with Gasteiger partial charge in [0, 0.05) is 8.95 Å². The fraction of sp³-hybridized carbons (Fsp3) is 0. The first kappa shape index (κ1) is 15.7. The number of hydrogen-bond acceptors (Lipinski definition) is 2. The molecule has 0 aliphatic rings. The lowest BCUT2D eigenvalue weighted by Gasteiger charge is -2.11. The highest BCUT2D eigenvalue weighted by Crippen LogP contribution is 2.28. The number of carboxylic acids is 1. The van der Waals surface area contributed by atoms with Crippen molar-refractivity contribution in [3.63, 3.8) is 0 Å². The van der Waals surface area contributed by atoms with Gasteiger partial charge in [0.15, 0.2) is 0 Å². The second-order valence-corrected chi connectivity index (χ2v) is 5.75. The van der Waals surface area contributed by atoms with Crippen LogP contribution in [0.2, 0.25) is 0 Å². The van der Waals surface area contributed by atoms with Crippen molar-refractivity contribution in [1.29, 1.82) is 0 Å². The van der Waals surface area contributed by atoms with Crippen molar-refractivity contribution in [2.45, 2.75) is 0 Å². The third-order valence-corrected chi connectivity index (χ3v) is 3.98. The normalized spacial score (nSPS) is 10.2. The Kier molecular flexibility index (Phi) is 4.74. The van der Waals surface area contributed by atoms with Gasteiger partial charge in [-0.25, -0.2) is 9.18 Å². The first-order chi connectivity index (χ1) is 9.90. The van der Waals surface area contributed by atoms with Gasteiger partial charge in [0.25, 0.3) is 5.91 Å². The molecule has 0 aromatic heterocycles. The summed E-state index contributed by atoms with van der Waals surface area (Å²) < 4.78 is 13.7. The Morgan fingerprint density at radius 2 is 1.76 bits per heavy atom. The molecule has 2 N–H and O–H groups in total. The van der Waals surface area contributed by atoms with E-state index in [-0.39, 0.29) is 21.3 Å². The molecule has 0 unspecified atom stereocenters. The van der Waals surface area contributed by atoms with Gasteiger partial charge in [0.1, 0.15) is 5.82 Å². The molecule has 1 amide bonds. The number of carbonyl (C=O) groups excluding carboxylic acids is 1. The highest BCUT2D eigenvalue weighted by Gasteiger charge is 2.17. The van der Waals surface area contributed by atoms with E-state index in [1.807, 2.05) is 0 Å². The average molecular weight is 417 g/mol. The molecule has 0 heterocycles. The molecule has 0 fully saturated rings. The zero-order valence-electron chi connectivity index (χ0n) is 10.4. The highest BCUT2D eigenvalue weighted by molar-refractivity contribution is 9.11. The lowest BCUT2D eigenvalue weighted by molar-refractivity contribution is 0.0698. The van der Waals surface area contributed by atoms with Crippen LogP contribution in [0.4, 0.5) is 10.1 Å². The van der Waals surface area contributed by atoms with Gasteiger partial charge >= 0.3 is 5.97 Å². The molecule has 4 nitrogen and oxygen atoms in total. The van der Waals surface area contributed by atoms with E-state index < -0.39 is 17.7 Å². The van der Waals surface area contributed by atoms with E-state index in [1.165, 1.54) is 12.1 Å². The van der Waals surface area contributed by atoms with Crippen LogP contribution < -0.4 is 5.32 Å². The maximum absolute atomic E-state index is 13.0. The third-order valence-electron chi connectivity index (χ3n) is 2.66. The summed E-state index contributed by atoms with van der Waals surface area (Å²) in [6.07, 6.45) is 0. The fourth-order valence-electron chi connectivity index (χ4n) is 1.68. The van der Waals surface area contributed by atoms with Gasteiger partial charge in [0.2, 0.25) is 0 Å². The lowest BCUT2D eigenvalue weighted by atomic mass is 10.1. The van der Waals surface area contributed by atoms with E-state index in [0.717, 1.165) is 12.1 Å². The number of carbonyl (C=O) groups is 2. The standard InChI is InChI=1S/C14H8Br2FNO3/c15-10-3-1-2-9(14(20)21)12(10)18-13(19)8-5-4-7(17)6-11(8)16/h1-6H,(H,18,19)(H,20,21). The molecule has 108 valence electrons. The monoisotopic (exact) mass is 415 g/mol. The van der Waals surface area contributed by atoms with E-state index in [9.17, 15) is 14.0 Å². The Bertz CT molecular complexity index is 734. The van der Waals surface area contributed by atoms with Crippen LogP contribution in [0.3, 0.4) is 0 Å². The van der Waals surface area contributed by atoms with Crippen LogP contribution in [0.25, 0.3) is 0 Å². The Balaban J connectivity index is 2.38. The van der Waals surface area contributed by atoms with Gasteiger partial charge in [-0.1, -0.05) is 6.07 Å². The zero-order chi connectivity index (χ0) is 15.6. The van der Waals surface area contributed by atoms with Crippen LogP contribution in [0, 0.1) is 5.82 Å². The van der Waals surface area contributed by atoms with Crippen LogP contribution >= 0.6 is 31.9 Å². The lowest BCUT2D eigenvalue weighted by Crippen LogP contribution is -2.16. The summed E-state index contributed by atoms with van der Waals surface area (Å²) in [4.78, 5) is 23.4. The van der Waals surface area contributed by atoms with Gasteiger partial charge in [-0.3, -0.25) is 4.79 Å². The van der Waals surface area contributed by atoms with Crippen molar-refractivity contribution >= 4 is 49.4 Å². The molecule has 0 aliphatic heterocycles. The molecule has 0 radical (unpaired) electrons. The second-order valence-electron chi connectivity index (χ2n) is 4.05. The third kappa shape index (κ3) is 3.48. The average Bonchev–Trinajstić information content (AvgIpc) is 2.40. The number of para-hydroxylation sites is 1. The van der Waals surface area contributed by atoms with Gasteiger partial charge < -0.3 is 10.4 Å². The number of anilines is 1. The van der Waals surface area contributed by atoms with Crippen LogP contribution in [-0.2, 0) is 0 Å². The number of benzene rings is 2. The molecule has 2 aromatic carbocycles. The number of nitrogens with one attached hydrogen (secondary N) is 1. The predicted octanol–water partition coefficient (Wildman–Crippen LogP) is 4.30. The summed E-state index contributed by atoms with van der Waals surface area (Å²) in [6, 6.07) is 8.16. The molecule has 2 aromatic rings. The van der Waals surface area contributed by atoms with Gasteiger partial charge in [0.05, 0.1) is 16.8 Å². The fourth-order valence-corrected chi connectivity index (χ4v) is 2.68.